The topological polar surface area (TPSA) is 104 Å². The van der Waals surface area contributed by atoms with E-state index in [0.717, 1.165) is 16.7 Å². The van der Waals surface area contributed by atoms with Crippen LogP contribution in [0.2, 0.25) is 0 Å². The van der Waals surface area contributed by atoms with Gasteiger partial charge in [0.25, 0.3) is 5.91 Å². The molecule has 0 spiro atoms. The zero-order chi connectivity index (χ0) is 19.7. The fraction of sp³-hybridized carbons (Fsp3) is 0.500. The van der Waals surface area contributed by atoms with Gasteiger partial charge in [-0.05, 0) is 13.3 Å². The summed E-state index contributed by atoms with van der Waals surface area (Å²) < 4.78 is 39.0. The van der Waals surface area contributed by atoms with Crippen molar-refractivity contribution >= 4 is 70.4 Å². The van der Waals surface area contributed by atoms with Crippen LogP contribution in [-0.4, -0.2) is 97.2 Å². The number of nitrogens with zero attached hydrogens (tertiary/aromatic N) is 4. The molecule has 0 aliphatic carbocycles. The number of aliphatic carboxylic acids is 1. The number of carboxylic acid groups (broad SMARTS) is 1. The predicted molar refractivity (Wildman–Crippen MR) is 92.6 cm³/mol. The van der Waals surface area contributed by atoms with Gasteiger partial charge in [0.15, 0.2) is 4.34 Å². The first-order chi connectivity index (χ1) is 12.6. The van der Waals surface area contributed by atoms with E-state index >= 15 is 0 Å². The number of hydrogen-bond donors (Lipinski definition) is 1. The van der Waals surface area contributed by atoms with Crippen molar-refractivity contribution in [2.45, 2.75) is 35.9 Å². The van der Waals surface area contributed by atoms with E-state index in [1.807, 2.05) is 0 Å². The van der Waals surface area contributed by atoms with Crippen LogP contribution in [0.5, 0.6) is 0 Å². The second-order valence-electron chi connectivity index (χ2n) is 6.33. The third-order valence-corrected chi connectivity index (χ3v) is 6.73. The monoisotopic (exact) mass is 444 g/mol. The molecule has 146 valence electrons. The molecule has 4 rings (SSSR count). The summed E-state index contributed by atoms with van der Waals surface area (Å²) in [7, 11) is 0. The van der Waals surface area contributed by atoms with Crippen molar-refractivity contribution < 1.29 is 32.7 Å². The van der Waals surface area contributed by atoms with Crippen LogP contribution in [0.15, 0.2) is 14.9 Å². The average Bonchev–Trinajstić information content (AvgIpc) is 3.13. The van der Waals surface area contributed by atoms with Gasteiger partial charge in [0, 0.05) is 17.4 Å². The summed E-state index contributed by atoms with van der Waals surface area (Å²) in [6, 6.07) is -2.00. The Morgan fingerprint density at radius 2 is 2.00 bits per heavy atom. The van der Waals surface area contributed by atoms with Crippen LogP contribution < -0.4 is 0 Å². The molecule has 14 heteroatoms. The molecule has 0 radical (unpaired) electrons. The summed E-state index contributed by atoms with van der Waals surface area (Å²) in [5.41, 5.74) is -0.253. The van der Waals surface area contributed by atoms with Gasteiger partial charge in [-0.1, -0.05) is 23.1 Å². The summed E-state index contributed by atoms with van der Waals surface area (Å²) in [5.74, 6) is -4.67. The molecule has 3 aliphatic rings. The van der Waals surface area contributed by atoms with Crippen LogP contribution in [0.4, 0.5) is 13.2 Å². The molecule has 0 unspecified atom stereocenters. The Kier molecular flexibility index (Phi) is 5.60. The van der Waals surface area contributed by atoms with E-state index in [1.165, 1.54) is 11.3 Å². The second-order valence-corrected chi connectivity index (χ2v) is 8.85. The Labute approximate surface area is 186 Å². The molecule has 1 aromatic heterocycles. The Hall–Kier alpha value is -1.15. The molecule has 8 nitrogen and oxygen atoms in total. The van der Waals surface area contributed by atoms with Gasteiger partial charge < -0.3 is 10.0 Å². The number of β-lactam (4-membered cyclic amide) rings is 1. The maximum atomic E-state index is 12.8. The summed E-state index contributed by atoms with van der Waals surface area (Å²) >= 11 is 2.28. The van der Waals surface area contributed by atoms with Gasteiger partial charge in [0.05, 0.1) is 6.04 Å². The summed E-state index contributed by atoms with van der Waals surface area (Å²) in [4.78, 5) is 37.7. The van der Waals surface area contributed by atoms with E-state index in [1.54, 1.807) is 6.92 Å². The van der Waals surface area contributed by atoms with Gasteiger partial charge in [-0.15, -0.1) is 10.2 Å². The number of aromatic nitrogens is 2. The molecule has 0 bridgehead atoms. The Morgan fingerprint density at radius 1 is 1.32 bits per heavy atom. The van der Waals surface area contributed by atoms with Gasteiger partial charge in [-0.3, -0.25) is 14.5 Å². The minimum atomic E-state index is -5.08. The number of alkyl halides is 3. The van der Waals surface area contributed by atoms with E-state index in [-0.39, 0.29) is 48.2 Å². The van der Waals surface area contributed by atoms with Crippen LogP contribution in [0.3, 0.4) is 0 Å². The van der Waals surface area contributed by atoms with E-state index < -0.39 is 42.0 Å². The van der Waals surface area contributed by atoms with E-state index in [9.17, 15) is 32.7 Å². The Balaban J connectivity index is 0.00000225. The molecule has 1 aromatic rings. The summed E-state index contributed by atoms with van der Waals surface area (Å²) in [6.07, 6.45) is -4.93. The number of carbonyl (C=O) groups excluding carboxylic acids is 2. The molecular weight excluding hydrogens is 432 g/mol. The number of likely N-dealkylation sites (tertiary alicyclic amines) is 1. The normalized spacial score (nSPS) is 26.0. The Bertz CT molecular complexity index is 905. The quantitative estimate of drug-likeness (QED) is 0.538. The fourth-order valence-electron chi connectivity index (χ4n) is 3.78. The molecule has 1 N–H and O–H groups in total. The van der Waals surface area contributed by atoms with Gasteiger partial charge in [-0.25, -0.2) is 4.79 Å². The standard InChI is InChI=1S/C14H11F3N4O4S2.Na.H/c1-4-18-19-13(26-4)27-6-2-5-3-20(12(25)14(15,16)17)9-7(5)21(10(9)22)8(6)11(23)24;;/h5,7,9H,2-3H2,1H3,(H,23,24);;/t5-,7-,9+;;/m1../s1. The third kappa shape index (κ3) is 3.26. The molecular formula is C14H12F3N4NaO4S2. The molecule has 3 aliphatic heterocycles. The predicted octanol–water partition coefficient (Wildman–Crippen LogP) is 0.590. The number of rotatable bonds is 3. The number of carbonyl (C=O) groups is 3. The summed E-state index contributed by atoms with van der Waals surface area (Å²) in [5, 5.41) is 18.0. The number of aryl methyl sites for hydroxylation is 1. The SMILES string of the molecule is Cc1nnc(SC2=C(C(=O)O)N3C(=O)[C@@H]4[C@H]3[C@H](C2)CN4C(=O)C(F)(F)F)s1.[NaH]. The first-order valence-corrected chi connectivity index (χ1v) is 9.38. The zero-order valence-electron chi connectivity index (χ0n) is 13.6. The molecule has 3 atom stereocenters. The molecule has 2 fully saturated rings. The van der Waals surface area contributed by atoms with Crippen LogP contribution in [0.25, 0.3) is 0 Å². The molecule has 2 saturated heterocycles. The summed E-state index contributed by atoms with van der Waals surface area (Å²) in [6.45, 7) is 1.48. The molecule has 4 heterocycles. The second kappa shape index (κ2) is 7.27. The van der Waals surface area contributed by atoms with Crippen LogP contribution >= 0.6 is 23.1 Å². The number of allylic oxidation sites excluding steroid dienone is 1. The first kappa shape index (κ1) is 21.6. The number of carboxylic acids is 1. The van der Waals surface area contributed by atoms with Gasteiger partial charge >= 0.3 is 47.6 Å². The van der Waals surface area contributed by atoms with Crippen molar-refractivity contribution in [2.75, 3.05) is 6.54 Å². The first-order valence-electron chi connectivity index (χ1n) is 7.75. The van der Waals surface area contributed by atoms with Crippen molar-refractivity contribution in [1.82, 2.24) is 20.0 Å². The third-order valence-electron chi connectivity index (χ3n) is 4.74. The fourth-order valence-corrected chi connectivity index (χ4v) is 5.90. The van der Waals surface area contributed by atoms with Gasteiger partial charge in [0.1, 0.15) is 16.7 Å². The zero-order valence-corrected chi connectivity index (χ0v) is 15.2. The van der Waals surface area contributed by atoms with E-state index in [2.05, 4.69) is 10.2 Å². The van der Waals surface area contributed by atoms with Crippen molar-refractivity contribution in [3.63, 3.8) is 0 Å². The number of thioether (sulfide) groups is 1. The van der Waals surface area contributed by atoms with Crippen LogP contribution in [-0.2, 0) is 14.4 Å². The number of amides is 2. The molecule has 0 saturated carbocycles. The van der Waals surface area contributed by atoms with Crippen molar-refractivity contribution in [1.29, 1.82) is 0 Å². The molecule has 2 amide bonds. The van der Waals surface area contributed by atoms with Crippen LogP contribution in [0.1, 0.15) is 11.4 Å². The maximum absolute atomic E-state index is 12.8. The Morgan fingerprint density at radius 3 is 2.54 bits per heavy atom. The minimum absolute atomic E-state index is 0. The van der Waals surface area contributed by atoms with Gasteiger partial charge in [0.2, 0.25) is 0 Å². The van der Waals surface area contributed by atoms with Crippen molar-refractivity contribution in [3.8, 4) is 0 Å². The molecule has 0 aromatic carbocycles. The number of hydrogen-bond acceptors (Lipinski definition) is 7. The van der Waals surface area contributed by atoms with E-state index in [0.29, 0.717) is 19.2 Å². The average molecular weight is 444 g/mol. The number of halogens is 3. The van der Waals surface area contributed by atoms with Crippen molar-refractivity contribution in [3.05, 3.63) is 15.6 Å². The van der Waals surface area contributed by atoms with Crippen molar-refractivity contribution in [2.24, 2.45) is 5.92 Å². The molecule has 28 heavy (non-hydrogen) atoms. The van der Waals surface area contributed by atoms with E-state index in [4.69, 9.17) is 0 Å². The van der Waals surface area contributed by atoms with Gasteiger partial charge in [-0.2, -0.15) is 13.2 Å². The van der Waals surface area contributed by atoms with Crippen LogP contribution in [0, 0.1) is 12.8 Å².